The Morgan fingerprint density at radius 1 is 1.25 bits per heavy atom. The van der Waals surface area contributed by atoms with Crippen molar-refractivity contribution in [3.63, 3.8) is 0 Å². The molecular formula is C14H20N2. The summed E-state index contributed by atoms with van der Waals surface area (Å²) in [6.07, 6.45) is 7.20. The van der Waals surface area contributed by atoms with E-state index in [1.165, 1.54) is 55.6 Å². The molecule has 0 atom stereocenters. The monoisotopic (exact) mass is 216 g/mol. The number of aromatic nitrogens is 1. The molecule has 1 aliphatic heterocycles. The minimum absolute atomic E-state index is 0.551. The van der Waals surface area contributed by atoms with Crippen LogP contribution in [0, 0.1) is 12.3 Å². The van der Waals surface area contributed by atoms with E-state index >= 15 is 0 Å². The van der Waals surface area contributed by atoms with Crippen LogP contribution in [0.2, 0.25) is 0 Å². The second-order valence-corrected chi connectivity index (χ2v) is 5.78. The minimum atomic E-state index is 0.551. The largest absolute Gasteiger partial charge is 0.306 e. The molecule has 16 heavy (non-hydrogen) atoms. The molecule has 2 nitrogen and oxygen atoms in total. The van der Waals surface area contributed by atoms with Gasteiger partial charge in [0.05, 0.1) is 0 Å². The molecule has 3 rings (SSSR count). The number of aryl methyl sites for hydroxylation is 1. The number of hydrogen-bond acceptors (Lipinski definition) is 2. The van der Waals surface area contributed by atoms with E-state index in [1.54, 1.807) is 0 Å². The standard InChI is InChI=1S/C14H20N2/c1-11-7-12-8-14(9-13(12)15-10-11)3-5-16(2)6-4-14/h7,10H,3-6,8-9H2,1-2H3. The van der Waals surface area contributed by atoms with Crippen molar-refractivity contribution >= 4 is 0 Å². The van der Waals surface area contributed by atoms with Crippen molar-refractivity contribution in [2.24, 2.45) is 5.41 Å². The molecular weight excluding hydrogens is 196 g/mol. The van der Waals surface area contributed by atoms with Crippen LogP contribution in [-0.2, 0) is 12.8 Å². The second-order valence-electron chi connectivity index (χ2n) is 5.78. The zero-order valence-corrected chi connectivity index (χ0v) is 10.3. The highest BCUT2D eigenvalue weighted by atomic mass is 15.1. The number of nitrogens with zero attached hydrogens (tertiary/aromatic N) is 2. The van der Waals surface area contributed by atoms with E-state index in [0.29, 0.717) is 5.41 Å². The van der Waals surface area contributed by atoms with Gasteiger partial charge in [0.1, 0.15) is 0 Å². The number of pyridine rings is 1. The number of likely N-dealkylation sites (tertiary alicyclic amines) is 1. The summed E-state index contributed by atoms with van der Waals surface area (Å²) in [5.74, 6) is 0. The summed E-state index contributed by atoms with van der Waals surface area (Å²) in [5, 5.41) is 0. The van der Waals surface area contributed by atoms with Gasteiger partial charge in [0.2, 0.25) is 0 Å². The van der Waals surface area contributed by atoms with Gasteiger partial charge in [-0.2, -0.15) is 0 Å². The van der Waals surface area contributed by atoms with E-state index in [1.807, 2.05) is 6.20 Å². The molecule has 0 unspecified atom stereocenters. The fourth-order valence-corrected chi connectivity index (χ4v) is 3.24. The van der Waals surface area contributed by atoms with Crippen LogP contribution in [0.4, 0.5) is 0 Å². The molecule has 1 aromatic rings. The first-order valence-electron chi connectivity index (χ1n) is 6.30. The molecule has 0 bridgehead atoms. The average molecular weight is 216 g/mol. The van der Waals surface area contributed by atoms with E-state index in [9.17, 15) is 0 Å². The SMILES string of the molecule is Cc1cnc2c(c1)CC1(CCN(C)CC1)C2. The summed E-state index contributed by atoms with van der Waals surface area (Å²) in [4.78, 5) is 7.07. The molecule has 86 valence electrons. The Morgan fingerprint density at radius 3 is 2.75 bits per heavy atom. The number of piperidine rings is 1. The lowest BCUT2D eigenvalue weighted by molar-refractivity contribution is 0.131. The molecule has 0 radical (unpaired) electrons. The van der Waals surface area contributed by atoms with Crippen LogP contribution in [0.25, 0.3) is 0 Å². The van der Waals surface area contributed by atoms with Crippen LogP contribution in [0.15, 0.2) is 12.3 Å². The Morgan fingerprint density at radius 2 is 2.00 bits per heavy atom. The lowest BCUT2D eigenvalue weighted by atomic mass is 9.76. The third kappa shape index (κ3) is 1.65. The summed E-state index contributed by atoms with van der Waals surface area (Å²) < 4.78 is 0. The van der Waals surface area contributed by atoms with Crippen molar-refractivity contribution in [1.82, 2.24) is 9.88 Å². The number of fused-ring (bicyclic) bond motifs is 1. The predicted molar refractivity (Wildman–Crippen MR) is 65.5 cm³/mol. The first-order chi connectivity index (χ1) is 7.67. The summed E-state index contributed by atoms with van der Waals surface area (Å²) >= 11 is 0. The maximum absolute atomic E-state index is 4.61. The van der Waals surface area contributed by atoms with Crippen molar-refractivity contribution in [3.8, 4) is 0 Å². The second kappa shape index (κ2) is 3.56. The van der Waals surface area contributed by atoms with Crippen LogP contribution in [0.1, 0.15) is 29.7 Å². The van der Waals surface area contributed by atoms with Crippen molar-refractivity contribution in [1.29, 1.82) is 0 Å². The van der Waals surface area contributed by atoms with E-state index in [4.69, 9.17) is 0 Å². The predicted octanol–water partition coefficient (Wildman–Crippen LogP) is 2.20. The Kier molecular flexibility index (Phi) is 2.28. The highest BCUT2D eigenvalue weighted by molar-refractivity contribution is 5.32. The highest BCUT2D eigenvalue weighted by Crippen LogP contribution is 2.43. The van der Waals surface area contributed by atoms with E-state index in [2.05, 4.69) is 29.9 Å². The Hall–Kier alpha value is -0.890. The van der Waals surface area contributed by atoms with E-state index in [-0.39, 0.29) is 0 Å². The van der Waals surface area contributed by atoms with Gasteiger partial charge in [0.15, 0.2) is 0 Å². The zero-order valence-electron chi connectivity index (χ0n) is 10.3. The van der Waals surface area contributed by atoms with Crippen LogP contribution >= 0.6 is 0 Å². The lowest BCUT2D eigenvalue weighted by Crippen LogP contribution is -2.38. The molecule has 2 heterocycles. The van der Waals surface area contributed by atoms with Crippen LogP contribution < -0.4 is 0 Å². The highest BCUT2D eigenvalue weighted by Gasteiger charge is 2.39. The molecule has 1 spiro atoms. The molecule has 1 saturated heterocycles. The molecule has 2 aliphatic rings. The first kappa shape index (κ1) is 10.3. The van der Waals surface area contributed by atoms with Gasteiger partial charge >= 0.3 is 0 Å². The fraction of sp³-hybridized carbons (Fsp3) is 0.643. The Labute approximate surface area is 97.7 Å². The first-order valence-corrected chi connectivity index (χ1v) is 6.30. The van der Waals surface area contributed by atoms with Crippen molar-refractivity contribution in [2.45, 2.75) is 32.6 Å². The molecule has 0 amide bonds. The third-order valence-electron chi connectivity index (χ3n) is 4.35. The molecule has 0 saturated carbocycles. The summed E-state index contributed by atoms with van der Waals surface area (Å²) in [7, 11) is 2.23. The van der Waals surface area contributed by atoms with Gasteiger partial charge < -0.3 is 4.90 Å². The van der Waals surface area contributed by atoms with Crippen LogP contribution in [0.5, 0.6) is 0 Å². The van der Waals surface area contributed by atoms with Crippen molar-refractivity contribution in [2.75, 3.05) is 20.1 Å². The van der Waals surface area contributed by atoms with Crippen molar-refractivity contribution < 1.29 is 0 Å². The van der Waals surface area contributed by atoms with Gasteiger partial charge in [0, 0.05) is 11.9 Å². The molecule has 0 N–H and O–H groups in total. The van der Waals surface area contributed by atoms with Gasteiger partial charge in [0.25, 0.3) is 0 Å². The van der Waals surface area contributed by atoms with Gasteiger partial charge in [-0.1, -0.05) is 6.07 Å². The normalized spacial score (nSPS) is 23.6. The third-order valence-corrected chi connectivity index (χ3v) is 4.35. The summed E-state index contributed by atoms with van der Waals surface area (Å²) in [5.41, 5.74) is 4.75. The lowest BCUT2D eigenvalue weighted by Gasteiger charge is -2.37. The number of rotatable bonds is 0. The van der Waals surface area contributed by atoms with Gasteiger partial charge in [-0.3, -0.25) is 4.98 Å². The van der Waals surface area contributed by atoms with Crippen LogP contribution in [-0.4, -0.2) is 30.0 Å². The maximum atomic E-state index is 4.61. The van der Waals surface area contributed by atoms with Crippen molar-refractivity contribution in [3.05, 3.63) is 29.1 Å². The zero-order chi connectivity index (χ0) is 11.2. The smallest absolute Gasteiger partial charge is 0.0441 e. The molecule has 1 aromatic heterocycles. The topological polar surface area (TPSA) is 16.1 Å². The molecule has 1 fully saturated rings. The van der Waals surface area contributed by atoms with E-state index in [0.717, 1.165) is 0 Å². The molecule has 2 heteroatoms. The Balaban J connectivity index is 1.84. The maximum Gasteiger partial charge on any atom is 0.0441 e. The van der Waals surface area contributed by atoms with Gasteiger partial charge in [-0.15, -0.1) is 0 Å². The van der Waals surface area contributed by atoms with Gasteiger partial charge in [-0.05, 0) is 69.3 Å². The number of hydrogen-bond donors (Lipinski definition) is 0. The minimum Gasteiger partial charge on any atom is -0.306 e. The summed E-state index contributed by atoms with van der Waals surface area (Å²) in [6.45, 7) is 4.66. The quantitative estimate of drug-likeness (QED) is 0.661. The average Bonchev–Trinajstić information content (AvgIpc) is 2.60. The molecule has 0 aromatic carbocycles. The van der Waals surface area contributed by atoms with Gasteiger partial charge in [-0.25, -0.2) is 0 Å². The Bertz CT molecular complexity index is 403. The van der Waals surface area contributed by atoms with Crippen LogP contribution in [0.3, 0.4) is 0 Å². The summed E-state index contributed by atoms with van der Waals surface area (Å²) in [6, 6.07) is 2.34. The fourth-order valence-electron chi connectivity index (χ4n) is 3.24. The van der Waals surface area contributed by atoms with E-state index < -0.39 is 0 Å². The molecule has 1 aliphatic carbocycles.